The van der Waals surface area contributed by atoms with E-state index in [0.717, 1.165) is 20.9 Å². The van der Waals surface area contributed by atoms with Crippen molar-refractivity contribution in [1.82, 2.24) is 9.59 Å². The highest BCUT2D eigenvalue weighted by Gasteiger charge is 2.08. The normalized spacial score (nSPS) is 12.6. The third kappa shape index (κ3) is 2.08. The van der Waals surface area contributed by atoms with Gasteiger partial charge in [-0.05, 0) is 35.8 Å². The van der Waals surface area contributed by atoms with Gasteiger partial charge in [0.05, 0.1) is 17.0 Å². The summed E-state index contributed by atoms with van der Waals surface area (Å²) in [7, 11) is -1.15. The second-order valence-electron chi connectivity index (χ2n) is 2.46. The Balaban J connectivity index is 2.33. The monoisotopic (exact) mass is 288 g/mol. The summed E-state index contributed by atoms with van der Waals surface area (Å²) >= 11 is 4.48. The largest absolute Gasteiger partial charge is 0.248 e. The summed E-state index contributed by atoms with van der Waals surface area (Å²) in [6.45, 7) is 0. The highest BCUT2D eigenvalue weighted by Crippen LogP contribution is 2.19. The van der Waals surface area contributed by atoms with E-state index < -0.39 is 10.8 Å². The maximum atomic E-state index is 11.8. The van der Waals surface area contributed by atoms with Gasteiger partial charge in [-0.25, -0.2) is 4.21 Å². The van der Waals surface area contributed by atoms with Gasteiger partial charge in [0.2, 0.25) is 0 Å². The molecule has 1 heterocycles. The van der Waals surface area contributed by atoms with Gasteiger partial charge in [0, 0.05) is 9.37 Å². The molecule has 0 fully saturated rings. The van der Waals surface area contributed by atoms with Gasteiger partial charge >= 0.3 is 0 Å². The minimum absolute atomic E-state index is 0.673. The molecule has 0 unspecified atom stereocenters. The Morgan fingerprint density at radius 2 is 2.00 bits per heavy atom. The minimum atomic E-state index is -1.15. The van der Waals surface area contributed by atoms with Crippen molar-refractivity contribution in [3.63, 3.8) is 0 Å². The zero-order chi connectivity index (χ0) is 9.97. The summed E-state index contributed by atoms with van der Waals surface area (Å²) in [4.78, 5) is 0.763. The topological polar surface area (TPSA) is 42.9 Å². The molecule has 1 atom stereocenters. The maximum Gasteiger partial charge on any atom is 0.137 e. The fourth-order valence-corrected chi connectivity index (χ4v) is 2.87. The first kappa shape index (κ1) is 9.95. The first-order valence-electron chi connectivity index (χ1n) is 3.72. The van der Waals surface area contributed by atoms with Crippen LogP contribution < -0.4 is 0 Å². The van der Waals surface area contributed by atoms with Crippen molar-refractivity contribution in [3.05, 3.63) is 34.9 Å². The van der Waals surface area contributed by atoms with Crippen LogP contribution >= 0.6 is 27.5 Å². The number of nitrogens with zero attached hydrogens (tertiary/aromatic N) is 2. The predicted octanol–water partition coefficient (Wildman–Crippen LogP) is 2.47. The number of aromatic nitrogens is 2. The minimum Gasteiger partial charge on any atom is -0.248 e. The Morgan fingerprint density at radius 1 is 1.29 bits per heavy atom. The Labute approximate surface area is 95.9 Å². The van der Waals surface area contributed by atoms with E-state index in [9.17, 15) is 4.21 Å². The molecule has 0 amide bonds. The average Bonchev–Trinajstić information content (AvgIpc) is 2.71. The number of halogens is 1. The van der Waals surface area contributed by atoms with Gasteiger partial charge in [0.1, 0.15) is 4.21 Å². The predicted molar refractivity (Wildman–Crippen MR) is 58.7 cm³/mol. The molecule has 0 saturated carbocycles. The highest BCUT2D eigenvalue weighted by molar-refractivity contribution is 9.10. The molecular formula is C8H5BrN2OS2. The lowest BCUT2D eigenvalue weighted by molar-refractivity contribution is 0.684. The fraction of sp³-hybridized carbons (Fsp3) is 0. The third-order valence-electron chi connectivity index (χ3n) is 1.55. The van der Waals surface area contributed by atoms with Crippen LogP contribution in [0.2, 0.25) is 0 Å². The molecule has 1 aromatic carbocycles. The first-order chi connectivity index (χ1) is 6.77. The lowest BCUT2D eigenvalue weighted by Crippen LogP contribution is -1.88. The number of rotatable bonds is 2. The number of hydrogen-bond acceptors (Lipinski definition) is 4. The zero-order valence-electron chi connectivity index (χ0n) is 6.88. The van der Waals surface area contributed by atoms with E-state index in [-0.39, 0.29) is 0 Å². The summed E-state index contributed by atoms with van der Waals surface area (Å²) in [5.41, 5.74) is 0. The molecule has 6 heteroatoms. The molecule has 0 aliphatic heterocycles. The Bertz CT molecular complexity index is 441. The van der Waals surface area contributed by atoms with Gasteiger partial charge in [0.25, 0.3) is 0 Å². The molecule has 0 aliphatic carbocycles. The standard InChI is InChI=1S/C8H5BrN2OS2/c9-6-1-3-7(4-2-6)14(12)8-5-10-11-13-8/h1-5H/t14-/m0/s1. The summed E-state index contributed by atoms with van der Waals surface area (Å²) in [5.74, 6) is 0. The molecule has 0 radical (unpaired) electrons. The van der Waals surface area contributed by atoms with Gasteiger partial charge < -0.3 is 0 Å². The third-order valence-corrected chi connectivity index (χ3v) is 4.39. The van der Waals surface area contributed by atoms with Crippen LogP contribution in [-0.2, 0) is 10.8 Å². The SMILES string of the molecule is O=[S@@](c1ccc(Br)cc1)c1cnns1. The van der Waals surface area contributed by atoms with Gasteiger partial charge in [-0.1, -0.05) is 20.4 Å². The van der Waals surface area contributed by atoms with E-state index in [1.807, 2.05) is 24.3 Å². The van der Waals surface area contributed by atoms with Gasteiger partial charge in [-0.15, -0.1) is 5.10 Å². The Hall–Kier alpha value is -0.590. The molecule has 0 spiro atoms. The lowest BCUT2D eigenvalue weighted by atomic mass is 10.4. The van der Waals surface area contributed by atoms with Crippen LogP contribution in [0.1, 0.15) is 0 Å². The first-order valence-corrected chi connectivity index (χ1v) is 6.44. The molecule has 2 rings (SSSR count). The molecule has 0 aliphatic rings. The van der Waals surface area contributed by atoms with Crippen molar-refractivity contribution in [2.45, 2.75) is 9.10 Å². The summed E-state index contributed by atoms with van der Waals surface area (Å²) in [6.07, 6.45) is 1.53. The molecular weight excluding hydrogens is 284 g/mol. The van der Waals surface area contributed by atoms with Crippen molar-refractivity contribution >= 4 is 38.3 Å². The van der Waals surface area contributed by atoms with Crippen molar-refractivity contribution in [2.75, 3.05) is 0 Å². The Kier molecular flexibility index (Phi) is 3.05. The van der Waals surface area contributed by atoms with E-state index in [0.29, 0.717) is 4.21 Å². The summed E-state index contributed by atoms with van der Waals surface area (Å²) in [5, 5.41) is 3.65. The highest BCUT2D eigenvalue weighted by atomic mass is 79.9. The molecule has 1 aromatic heterocycles. The van der Waals surface area contributed by atoms with Crippen LogP contribution in [0, 0.1) is 0 Å². The smallest absolute Gasteiger partial charge is 0.137 e. The van der Waals surface area contributed by atoms with Crippen LogP contribution in [0.25, 0.3) is 0 Å². The number of hydrogen-bond donors (Lipinski definition) is 0. The second-order valence-corrected chi connectivity index (χ2v) is 5.87. The van der Waals surface area contributed by atoms with Crippen molar-refractivity contribution < 1.29 is 4.21 Å². The molecule has 2 aromatic rings. The Morgan fingerprint density at radius 3 is 2.57 bits per heavy atom. The van der Waals surface area contributed by atoms with Crippen molar-refractivity contribution in [3.8, 4) is 0 Å². The van der Waals surface area contributed by atoms with Crippen LogP contribution in [0.5, 0.6) is 0 Å². The molecule has 0 saturated heterocycles. The molecule has 0 bridgehead atoms. The maximum absolute atomic E-state index is 11.8. The van der Waals surface area contributed by atoms with Crippen LogP contribution in [0.15, 0.2) is 44.0 Å². The van der Waals surface area contributed by atoms with E-state index >= 15 is 0 Å². The van der Waals surface area contributed by atoms with E-state index in [4.69, 9.17) is 0 Å². The van der Waals surface area contributed by atoms with Gasteiger partial charge in [-0.2, -0.15) is 0 Å². The zero-order valence-corrected chi connectivity index (χ0v) is 10.1. The van der Waals surface area contributed by atoms with Crippen LogP contribution in [-0.4, -0.2) is 13.8 Å². The second kappa shape index (κ2) is 4.29. The molecule has 3 nitrogen and oxygen atoms in total. The van der Waals surface area contributed by atoms with Crippen molar-refractivity contribution in [2.24, 2.45) is 0 Å². The van der Waals surface area contributed by atoms with E-state index in [1.165, 1.54) is 6.20 Å². The lowest BCUT2D eigenvalue weighted by Gasteiger charge is -1.97. The van der Waals surface area contributed by atoms with E-state index in [1.54, 1.807) is 0 Å². The summed E-state index contributed by atoms with van der Waals surface area (Å²) < 4.78 is 17.2. The molecule has 72 valence electrons. The van der Waals surface area contributed by atoms with Crippen molar-refractivity contribution in [1.29, 1.82) is 0 Å². The molecule has 14 heavy (non-hydrogen) atoms. The fourth-order valence-electron chi connectivity index (χ4n) is 0.914. The van der Waals surface area contributed by atoms with E-state index in [2.05, 4.69) is 25.5 Å². The average molecular weight is 289 g/mol. The van der Waals surface area contributed by atoms with Crippen LogP contribution in [0.4, 0.5) is 0 Å². The quantitative estimate of drug-likeness (QED) is 0.853. The van der Waals surface area contributed by atoms with Gasteiger partial charge in [-0.3, -0.25) is 0 Å². The number of benzene rings is 1. The van der Waals surface area contributed by atoms with Crippen LogP contribution in [0.3, 0.4) is 0 Å². The summed E-state index contributed by atoms with van der Waals surface area (Å²) in [6, 6.07) is 7.36. The van der Waals surface area contributed by atoms with Gasteiger partial charge in [0.15, 0.2) is 0 Å². The molecule has 0 N–H and O–H groups in total.